The third-order valence-electron chi connectivity index (χ3n) is 5.37. The molecule has 0 bridgehead atoms. The first-order chi connectivity index (χ1) is 15.2. The number of aryl methyl sites for hydroxylation is 1. The van der Waals surface area contributed by atoms with Gasteiger partial charge in [-0.2, -0.15) is 0 Å². The smallest absolute Gasteiger partial charge is 0.233 e. The topological polar surface area (TPSA) is 60.3 Å². The van der Waals surface area contributed by atoms with E-state index in [1.54, 1.807) is 0 Å². The number of hydrogen-bond donors (Lipinski definition) is 0. The highest BCUT2D eigenvalue weighted by atomic mass is 32.2. The van der Waals surface area contributed by atoms with Crippen LogP contribution in [0.3, 0.4) is 0 Å². The first-order valence-corrected chi connectivity index (χ1v) is 11.7. The first-order valence-electron chi connectivity index (χ1n) is 10.7. The summed E-state index contributed by atoms with van der Waals surface area (Å²) in [5.41, 5.74) is 2.30. The Morgan fingerprint density at radius 1 is 1.03 bits per heavy atom. The number of carbonyl (C=O) groups excluding carboxylic acids is 1. The minimum Gasteiger partial charge on any atom is -0.486 e. The molecule has 2 heterocycles. The van der Waals surface area contributed by atoms with Gasteiger partial charge in [0.1, 0.15) is 12.4 Å². The number of rotatable bonds is 8. The fourth-order valence-corrected chi connectivity index (χ4v) is 4.53. The second kappa shape index (κ2) is 10.5. The normalized spacial score (nSPS) is 13.9. The summed E-state index contributed by atoms with van der Waals surface area (Å²) in [6.45, 7) is 4.74. The Balaban J connectivity index is 1.48. The maximum atomic E-state index is 12.6. The quantitative estimate of drug-likeness (QED) is 0.492. The van der Waals surface area contributed by atoms with Crippen LogP contribution in [-0.2, 0) is 17.9 Å². The standard InChI is InChI=1S/C24H28N4O2S/c1-19-9-8-12-21(15-19)30-17-22-25-26-24(28(22)16-20-10-4-2-5-11-20)31-18-23(29)27-13-6-3-7-14-27/h2,4-5,8-12,15H,3,6-7,13-14,16-18H2,1H3. The van der Waals surface area contributed by atoms with E-state index in [0.717, 1.165) is 53.8 Å². The molecular weight excluding hydrogens is 408 g/mol. The van der Waals surface area contributed by atoms with Crippen LogP contribution in [0.1, 0.15) is 36.2 Å². The number of thioether (sulfide) groups is 1. The van der Waals surface area contributed by atoms with Gasteiger partial charge in [-0.05, 0) is 49.4 Å². The van der Waals surface area contributed by atoms with E-state index in [1.165, 1.54) is 18.2 Å². The molecule has 1 amide bonds. The second-order valence-electron chi connectivity index (χ2n) is 7.81. The van der Waals surface area contributed by atoms with Gasteiger partial charge in [0.25, 0.3) is 0 Å². The van der Waals surface area contributed by atoms with Crippen LogP contribution in [0, 0.1) is 6.92 Å². The fraction of sp³-hybridized carbons (Fsp3) is 0.375. The fourth-order valence-electron chi connectivity index (χ4n) is 3.67. The van der Waals surface area contributed by atoms with Crippen LogP contribution in [0.15, 0.2) is 59.8 Å². The SMILES string of the molecule is Cc1cccc(OCc2nnc(SCC(=O)N3CCCCC3)n2Cc2ccccc2)c1. The van der Waals surface area contributed by atoms with Crippen LogP contribution in [0.5, 0.6) is 5.75 Å². The van der Waals surface area contributed by atoms with Gasteiger partial charge in [0.2, 0.25) is 5.91 Å². The lowest BCUT2D eigenvalue weighted by Crippen LogP contribution is -2.36. The maximum Gasteiger partial charge on any atom is 0.233 e. The molecule has 1 aliphatic rings. The van der Waals surface area contributed by atoms with Crippen LogP contribution >= 0.6 is 11.8 Å². The Hall–Kier alpha value is -2.80. The van der Waals surface area contributed by atoms with Crippen molar-refractivity contribution >= 4 is 17.7 Å². The molecule has 1 aromatic heterocycles. The monoisotopic (exact) mass is 436 g/mol. The van der Waals surface area contributed by atoms with Crippen molar-refractivity contribution < 1.29 is 9.53 Å². The molecular formula is C24H28N4O2S. The summed E-state index contributed by atoms with van der Waals surface area (Å²) in [5.74, 6) is 2.12. The van der Waals surface area contributed by atoms with Gasteiger partial charge in [0.05, 0.1) is 12.3 Å². The molecule has 31 heavy (non-hydrogen) atoms. The molecule has 1 aliphatic heterocycles. The van der Waals surface area contributed by atoms with Gasteiger partial charge in [0.15, 0.2) is 11.0 Å². The highest BCUT2D eigenvalue weighted by Crippen LogP contribution is 2.22. The average Bonchev–Trinajstić information content (AvgIpc) is 3.18. The number of aromatic nitrogens is 3. The van der Waals surface area contributed by atoms with E-state index in [4.69, 9.17) is 4.74 Å². The van der Waals surface area contributed by atoms with Crippen LogP contribution in [0.4, 0.5) is 0 Å². The zero-order valence-electron chi connectivity index (χ0n) is 17.9. The zero-order chi connectivity index (χ0) is 21.5. The summed E-state index contributed by atoms with van der Waals surface area (Å²) in [6.07, 6.45) is 3.41. The molecule has 0 saturated carbocycles. The lowest BCUT2D eigenvalue weighted by Gasteiger charge is -2.26. The molecule has 0 unspecified atom stereocenters. The Morgan fingerprint density at radius 3 is 2.61 bits per heavy atom. The minimum absolute atomic E-state index is 0.177. The summed E-state index contributed by atoms with van der Waals surface area (Å²) >= 11 is 1.46. The predicted molar refractivity (Wildman–Crippen MR) is 122 cm³/mol. The van der Waals surface area contributed by atoms with Crippen molar-refractivity contribution in [3.8, 4) is 5.75 Å². The molecule has 2 aromatic carbocycles. The Labute approximate surface area is 187 Å². The molecule has 0 atom stereocenters. The van der Waals surface area contributed by atoms with E-state index in [-0.39, 0.29) is 5.91 Å². The summed E-state index contributed by atoms with van der Waals surface area (Å²) in [4.78, 5) is 14.6. The Bertz CT molecular complexity index is 1000. The molecule has 4 rings (SSSR count). The molecule has 0 radical (unpaired) electrons. The number of ether oxygens (including phenoxy) is 1. The first kappa shape index (κ1) is 21.4. The number of hydrogen-bond acceptors (Lipinski definition) is 5. The van der Waals surface area contributed by atoms with E-state index in [9.17, 15) is 4.79 Å². The van der Waals surface area contributed by atoms with E-state index in [1.807, 2.05) is 54.3 Å². The number of piperidine rings is 1. The molecule has 0 N–H and O–H groups in total. The summed E-state index contributed by atoms with van der Waals surface area (Å²) in [7, 11) is 0. The van der Waals surface area contributed by atoms with Gasteiger partial charge in [-0.1, -0.05) is 54.2 Å². The van der Waals surface area contributed by atoms with Crippen molar-refractivity contribution in [1.29, 1.82) is 0 Å². The molecule has 3 aromatic rings. The third kappa shape index (κ3) is 5.88. The average molecular weight is 437 g/mol. The van der Waals surface area contributed by atoms with Crippen molar-refractivity contribution in [3.63, 3.8) is 0 Å². The number of likely N-dealkylation sites (tertiary alicyclic amines) is 1. The molecule has 162 valence electrons. The molecule has 6 nitrogen and oxygen atoms in total. The molecule has 1 saturated heterocycles. The van der Waals surface area contributed by atoms with Crippen LogP contribution < -0.4 is 4.74 Å². The number of benzene rings is 2. The van der Waals surface area contributed by atoms with E-state index < -0.39 is 0 Å². The minimum atomic E-state index is 0.177. The maximum absolute atomic E-state index is 12.6. The highest BCUT2D eigenvalue weighted by molar-refractivity contribution is 7.99. The zero-order valence-corrected chi connectivity index (χ0v) is 18.7. The second-order valence-corrected chi connectivity index (χ2v) is 8.75. The molecule has 0 aliphatic carbocycles. The van der Waals surface area contributed by atoms with Gasteiger partial charge >= 0.3 is 0 Å². The summed E-state index contributed by atoms with van der Waals surface area (Å²) in [6, 6.07) is 18.2. The summed E-state index contributed by atoms with van der Waals surface area (Å²) < 4.78 is 8.03. The number of amides is 1. The van der Waals surface area contributed by atoms with Crippen molar-refractivity contribution in [1.82, 2.24) is 19.7 Å². The van der Waals surface area contributed by atoms with Gasteiger partial charge in [0, 0.05) is 13.1 Å². The van der Waals surface area contributed by atoms with E-state index in [0.29, 0.717) is 18.9 Å². The van der Waals surface area contributed by atoms with Gasteiger partial charge in [-0.3, -0.25) is 9.36 Å². The van der Waals surface area contributed by atoms with Gasteiger partial charge < -0.3 is 9.64 Å². The van der Waals surface area contributed by atoms with Crippen molar-refractivity contribution in [2.24, 2.45) is 0 Å². The van der Waals surface area contributed by atoms with Crippen LogP contribution in [0.2, 0.25) is 0 Å². The molecule has 0 spiro atoms. The number of carbonyl (C=O) groups is 1. The molecule has 7 heteroatoms. The molecule has 1 fully saturated rings. The van der Waals surface area contributed by atoms with Crippen LogP contribution in [-0.4, -0.2) is 44.4 Å². The van der Waals surface area contributed by atoms with Gasteiger partial charge in [-0.15, -0.1) is 10.2 Å². The van der Waals surface area contributed by atoms with E-state index >= 15 is 0 Å². The largest absolute Gasteiger partial charge is 0.486 e. The Morgan fingerprint density at radius 2 is 1.84 bits per heavy atom. The Kier molecular flexibility index (Phi) is 7.25. The van der Waals surface area contributed by atoms with Crippen molar-refractivity contribution in [3.05, 3.63) is 71.5 Å². The lowest BCUT2D eigenvalue weighted by atomic mass is 10.1. The third-order valence-corrected chi connectivity index (χ3v) is 6.32. The summed E-state index contributed by atoms with van der Waals surface area (Å²) in [5, 5.41) is 9.51. The van der Waals surface area contributed by atoms with Crippen molar-refractivity contribution in [2.45, 2.75) is 44.5 Å². The lowest BCUT2D eigenvalue weighted by molar-refractivity contribution is -0.129. The van der Waals surface area contributed by atoms with Gasteiger partial charge in [-0.25, -0.2) is 0 Å². The van der Waals surface area contributed by atoms with E-state index in [2.05, 4.69) is 26.9 Å². The van der Waals surface area contributed by atoms with Crippen LogP contribution in [0.25, 0.3) is 0 Å². The number of nitrogens with zero attached hydrogens (tertiary/aromatic N) is 4. The highest BCUT2D eigenvalue weighted by Gasteiger charge is 2.19. The predicted octanol–water partition coefficient (Wildman–Crippen LogP) is 4.32. The van der Waals surface area contributed by atoms with Crippen molar-refractivity contribution in [2.75, 3.05) is 18.8 Å².